The lowest BCUT2D eigenvalue weighted by molar-refractivity contribution is -0.623. The van der Waals surface area contributed by atoms with E-state index in [1.807, 2.05) is 0 Å². The van der Waals surface area contributed by atoms with Crippen LogP contribution in [0.25, 0.3) is 0 Å². The zero-order chi connectivity index (χ0) is 8.83. The summed E-state index contributed by atoms with van der Waals surface area (Å²) in [5.41, 5.74) is 0. The molecule has 0 saturated carbocycles. The number of quaternary nitrogens is 1. The Bertz CT molecular complexity index is 28.4. The first-order valence-corrected chi connectivity index (χ1v) is 3.74. The summed E-state index contributed by atoms with van der Waals surface area (Å²) < 4.78 is 0. The highest BCUT2D eigenvalue weighted by molar-refractivity contribution is 3.85. The van der Waals surface area contributed by atoms with Crippen molar-refractivity contribution >= 4 is 0 Å². The van der Waals surface area contributed by atoms with Crippen molar-refractivity contribution in [3.63, 3.8) is 0 Å². The Kier molecular flexibility index (Phi) is 97.7. The summed E-state index contributed by atoms with van der Waals surface area (Å²) in [6, 6.07) is 0. The zero-order valence-electron chi connectivity index (χ0n) is 7.97. The Balaban J connectivity index is -0.0000000325. The molecule has 0 saturated heterocycles. The summed E-state index contributed by atoms with van der Waals surface area (Å²) >= 11 is 0. The summed E-state index contributed by atoms with van der Waals surface area (Å²) in [6.07, 6.45) is 0. The maximum absolute atomic E-state index is 7.57. The van der Waals surface area contributed by atoms with E-state index < -0.39 is 0 Å². The molecule has 0 aliphatic rings. The van der Waals surface area contributed by atoms with Gasteiger partial charge in [0.1, 0.15) is 0 Å². The molecule has 0 aliphatic carbocycles. The Labute approximate surface area is 80.6 Å². The summed E-state index contributed by atoms with van der Waals surface area (Å²) in [4.78, 5) is 0. The third-order valence-electron chi connectivity index (χ3n) is 0.408. The van der Waals surface area contributed by atoms with Crippen molar-refractivity contribution < 1.29 is 32.5 Å². The number of nitrogens with two attached hydrogens (primary N) is 1. The molecule has 11 heavy (non-hydrogen) atoms. The normalized spacial score (nSPS) is 6.00. The van der Waals surface area contributed by atoms with Gasteiger partial charge in [-0.25, -0.2) is 0 Å². The molecule has 0 aromatic rings. The van der Waals surface area contributed by atoms with Crippen LogP contribution >= 0.6 is 0 Å². The first-order chi connectivity index (χ1) is 4.74. The molecule has 0 aliphatic heterocycles. The largest absolute Gasteiger partial charge is 1.00 e. The van der Waals surface area contributed by atoms with Gasteiger partial charge in [0.25, 0.3) is 0 Å². The van der Waals surface area contributed by atoms with Crippen molar-refractivity contribution in [1.29, 1.82) is 0 Å². The predicted octanol–water partition coefficient (Wildman–Crippen LogP) is -3.80. The second-order valence-electron chi connectivity index (χ2n) is 1.45. The molecule has 0 aromatic heterocycles. The lowest BCUT2D eigenvalue weighted by atomic mass is 10.8. The van der Waals surface area contributed by atoms with Crippen LogP contribution in [0.5, 0.6) is 0 Å². The Hall–Kier alpha value is 0.360. The monoisotopic (exact) mass is 231 g/mol. The SMILES string of the molecule is CCO.CCO.CC[NH2+]C.[Br-]. The van der Waals surface area contributed by atoms with Crippen LogP contribution in [0, 0.1) is 0 Å². The average molecular weight is 232 g/mol. The minimum atomic E-state index is 0. The van der Waals surface area contributed by atoms with Crippen molar-refractivity contribution in [2.75, 3.05) is 26.8 Å². The molecule has 4 N–H and O–H groups in total. The second-order valence-corrected chi connectivity index (χ2v) is 1.45. The number of hydrogen-bond acceptors (Lipinski definition) is 2. The van der Waals surface area contributed by atoms with Crippen LogP contribution < -0.4 is 22.3 Å². The third kappa shape index (κ3) is 391. The number of aliphatic hydroxyl groups excluding tert-OH is 2. The average Bonchev–Trinajstić information content (AvgIpc) is 1.91. The van der Waals surface area contributed by atoms with Gasteiger partial charge in [0.2, 0.25) is 0 Å². The van der Waals surface area contributed by atoms with Crippen molar-refractivity contribution in [3.05, 3.63) is 0 Å². The highest BCUT2D eigenvalue weighted by atomic mass is 79.9. The van der Waals surface area contributed by atoms with Gasteiger partial charge in [-0.2, -0.15) is 0 Å². The molecule has 4 heteroatoms. The van der Waals surface area contributed by atoms with E-state index in [4.69, 9.17) is 10.2 Å². The van der Waals surface area contributed by atoms with Gasteiger partial charge in [0.15, 0.2) is 0 Å². The van der Waals surface area contributed by atoms with E-state index in [1.54, 1.807) is 13.8 Å². The quantitative estimate of drug-likeness (QED) is 0.434. The number of aliphatic hydroxyl groups is 2. The molecule has 74 valence electrons. The predicted molar refractivity (Wildman–Crippen MR) is 43.9 cm³/mol. The van der Waals surface area contributed by atoms with Gasteiger partial charge in [-0.05, 0) is 20.8 Å². The van der Waals surface area contributed by atoms with Crippen molar-refractivity contribution in [2.45, 2.75) is 20.8 Å². The van der Waals surface area contributed by atoms with E-state index in [-0.39, 0.29) is 30.2 Å². The van der Waals surface area contributed by atoms with E-state index >= 15 is 0 Å². The van der Waals surface area contributed by atoms with Crippen LogP contribution in [0.4, 0.5) is 0 Å². The fourth-order valence-electron chi connectivity index (χ4n) is 0. The van der Waals surface area contributed by atoms with Gasteiger partial charge in [-0.15, -0.1) is 0 Å². The van der Waals surface area contributed by atoms with Gasteiger partial charge in [-0.3, -0.25) is 0 Å². The lowest BCUT2D eigenvalue weighted by Crippen LogP contribution is -3.00. The van der Waals surface area contributed by atoms with Gasteiger partial charge in [-0.1, -0.05) is 0 Å². The molecule has 0 atom stereocenters. The van der Waals surface area contributed by atoms with Crippen molar-refractivity contribution in [1.82, 2.24) is 0 Å². The molecule has 0 unspecified atom stereocenters. The molecule has 0 fully saturated rings. The molecule has 0 heterocycles. The summed E-state index contributed by atoms with van der Waals surface area (Å²) in [6.45, 7) is 7.18. The van der Waals surface area contributed by atoms with Crippen LogP contribution in [0.15, 0.2) is 0 Å². The standard InChI is InChI=1S/C3H9N.2C2H6O.BrH/c1-3-4-2;2*1-2-3;/h4H,3H2,1-2H3;2*3H,2H2,1H3;1H. The molecule has 0 radical (unpaired) electrons. The van der Waals surface area contributed by atoms with Crippen LogP contribution in [0.3, 0.4) is 0 Å². The first kappa shape index (κ1) is 22.5. The Morgan fingerprint density at radius 3 is 1.09 bits per heavy atom. The van der Waals surface area contributed by atoms with Crippen molar-refractivity contribution in [2.24, 2.45) is 0 Å². The lowest BCUT2D eigenvalue weighted by Gasteiger charge is -1.73. The highest BCUT2D eigenvalue weighted by Crippen LogP contribution is 1.30. The van der Waals surface area contributed by atoms with Gasteiger partial charge >= 0.3 is 0 Å². The fourth-order valence-corrected chi connectivity index (χ4v) is 0. The van der Waals surface area contributed by atoms with Gasteiger partial charge in [0, 0.05) is 13.2 Å². The number of hydrogen-bond donors (Lipinski definition) is 3. The molecule has 0 rings (SSSR count). The van der Waals surface area contributed by atoms with E-state index in [0.717, 1.165) is 0 Å². The fraction of sp³-hybridized carbons (Fsp3) is 1.00. The number of halogens is 1. The third-order valence-corrected chi connectivity index (χ3v) is 0.408. The van der Waals surface area contributed by atoms with Crippen LogP contribution in [0.1, 0.15) is 20.8 Å². The molecule has 0 spiro atoms. The molecule has 3 nitrogen and oxygen atoms in total. The first-order valence-electron chi connectivity index (χ1n) is 3.74. The summed E-state index contributed by atoms with van der Waals surface area (Å²) in [7, 11) is 2.06. The smallest absolute Gasteiger partial charge is 0.0724 e. The van der Waals surface area contributed by atoms with E-state index in [1.165, 1.54) is 6.54 Å². The van der Waals surface area contributed by atoms with E-state index in [0.29, 0.717) is 0 Å². The molecular weight excluding hydrogens is 210 g/mol. The Morgan fingerprint density at radius 1 is 1.00 bits per heavy atom. The highest BCUT2D eigenvalue weighted by Gasteiger charge is 1.54. The number of rotatable bonds is 1. The summed E-state index contributed by atoms with van der Waals surface area (Å²) in [5, 5.41) is 17.3. The molecular formula is C7H22BrNO2. The maximum atomic E-state index is 7.57. The molecule has 0 bridgehead atoms. The van der Waals surface area contributed by atoms with Crippen LogP contribution in [-0.2, 0) is 0 Å². The molecule has 0 amide bonds. The minimum Gasteiger partial charge on any atom is -1.00 e. The van der Waals surface area contributed by atoms with Crippen molar-refractivity contribution in [3.8, 4) is 0 Å². The second kappa shape index (κ2) is 47.7. The van der Waals surface area contributed by atoms with E-state index in [2.05, 4.69) is 19.3 Å². The van der Waals surface area contributed by atoms with Gasteiger partial charge in [0.05, 0.1) is 13.6 Å². The van der Waals surface area contributed by atoms with Crippen LogP contribution in [-0.4, -0.2) is 37.0 Å². The Morgan fingerprint density at radius 2 is 1.09 bits per heavy atom. The topological polar surface area (TPSA) is 57.1 Å². The molecule has 0 aromatic carbocycles. The summed E-state index contributed by atoms with van der Waals surface area (Å²) in [5.74, 6) is 0. The van der Waals surface area contributed by atoms with Gasteiger partial charge < -0.3 is 32.5 Å². The zero-order valence-corrected chi connectivity index (χ0v) is 9.56. The van der Waals surface area contributed by atoms with Crippen LogP contribution in [0.2, 0.25) is 0 Å². The minimum absolute atomic E-state index is 0. The maximum Gasteiger partial charge on any atom is 0.0724 e. The van der Waals surface area contributed by atoms with E-state index in [9.17, 15) is 0 Å².